The van der Waals surface area contributed by atoms with Crippen LogP contribution in [0.15, 0.2) is 23.1 Å². The number of hydrogen-bond donors (Lipinski definition) is 1. The van der Waals surface area contributed by atoms with Gasteiger partial charge in [-0.15, -0.1) is 0 Å². The maximum Gasteiger partial charge on any atom is 0.312 e. The highest BCUT2D eigenvalue weighted by molar-refractivity contribution is 7.89. The van der Waals surface area contributed by atoms with Crippen molar-refractivity contribution < 1.29 is 18.1 Å². The molecule has 0 aliphatic carbocycles. The minimum absolute atomic E-state index is 0.0997. The van der Waals surface area contributed by atoms with E-state index in [4.69, 9.17) is 10.5 Å². The van der Waals surface area contributed by atoms with E-state index in [1.807, 2.05) is 0 Å². The fourth-order valence-electron chi connectivity index (χ4n) is 1.91. The second-order valence-electron chi connectivity index (χ2n) is 4.65. The number of nitrogens with zero attached hydrogens (tertiary/aromatic N) is 2. The van der Waals surface area contributed by atoms with Crippen LogP contribution in [0.1, 0.15) is 13.8 Å². The Morgan fingerprint density at radius 1 is 1.43 bits per heavy atom. The van der Waals surface area contributed by atoms with E-state index in [2.05, 4.69) is 0 Å². The van der Waals surface area contributed by atoms with Gasteiger partial charge in [-0.25, -0.2) is 8.42 Å². The van der Waals surface area contributed by atoms with Gasteiger partial charge in [0.15, 0.2) is 4.90 Å². The lowest BCUT2D eigenvalue weighted by molar-refractivity contribution is -0.386. The predicted molar refractivity (Wildman–Crippen MR) is 78.4 cm³/mol. The zero-order chi connectivity index (χ0) is 16.2. The Morgan fingerprint density at radius 2 is 2.05 bits per heavy atom. The van der Waals surface area contributed by atoms with Crippen LogP contribution in [0, 0.1) is 10.1 Å². The summed E-state index contributed by atoms with van der Waals surface area (Å²) in [6, 6.07) is 3.49. The number of methoxy groups -OCH3 is 1. The molecule has 0 unspecified atom stereocenters. The Balaban J connectivity index is 3.42. The number of para-hydroxylation sites is 1. The number of nitrogens with two attached hydrogens (primary N) is 1. The molecule has 0 saturated heterocycles. The van der Waals surface area contributed by atoms with E-state index >= 15 is 0 Å². The first-order valence-electron chi connectivity index (χ1n) is 6.27. The molecule has 118 valence electrons. The fraction of sp³-hybridized carbons (Fsp3) is 0.500. The number of nitro groups is 1. The predicted octanol–water partition coefficient (Wildman–Crippen LogP) is 1.22. The molecule has 0 spiro atoms. The van der Waals surface area contributed by atoms with Crippen LogP contribution in [-0.2, 0) is 14.8 Å². The summed E-state index contributed by atoms with van der Waals surface area (Å²) in [4.78, 5) is 9.93. The molecule has 0 aliphatic heterocycles. The van der Waals surface area contributed by atoms with Crippen LogP contribution in [-0.4, -0.2) is 43.9 Å². The van der Waals surface area contributed by atoms with Crippen LogP contribution < -0.4 is 5.73 Å². The number of anilines is 1. The molecule has 0 amide bonds. The molecule has 0 bridgehead atoms. The molecule has 1 aromatic rings. The van der Waals surface area contributed by atoms with E-state index < -0.39 is 25.5 Å². The summed E-state index contributed by atoms with van der Waals surface area (Å²) in [5.74, 6) is 0. The lowest BCUT2D eigenvalue weighted by Crippen LogP contribution is -2.39. The average molecular weight is 317 g/mol. The van der Waals surface area contributed by atoms with Gasteiger partial charge in [0.25, 0.3) is 0 Å². The number of benzene rings is 1. The highest BCUT2D eigenvalue weighted by Crippen LogP contribution is 2.32. The van der Waals surface area contributed by atoms with Crippen molar-refractivity contribution >= 4 is 21.4 Å². The third-order valence-electron chi connectivity index (χ3n) is 2.89. The highest BCUT2D eigenvalue weighted by Gasteiger charge is 2.34. The molecule has 21 heavy (non-hydrogen) atoms. The van der Waals surface area contributed by atoms with Crippen molar-refractivity contribution in [3.8, 4) is 0 Å². The molecule has 9 heteroatoms. The fourth-order valence-corrected chi connectivity index (χ4v) is 3.72. The van der Waals surface area contributed by atoms with Crippen LogP contribution in [0.5, 0.6) is 0 Å². The van der Waals surface area contributed by atoms with Gasteiger partial charge in [-0.3, -0.25) is 10.1 Å². The first kappa shape index (κ1) is 17.3. The number of ether oxygens (including phenoxy) is 1. The molecule has 0 heterocycles. The molecule has 1 rings (SSSR count). The van der Waals surface area contributed by atoms with Crippen LogP contribution in [0.2, 0.25) is 0 Å². The summed E-state index contributed by atoms with van der Waals surface area (Å²) in [5, 5.41) is 11.1. The van der Waals surface area contributed by atoms with E-state index in [-0.39, 0.29) is 24.9 Å². The van der Waals surface area contributed by atoms with Gasteiger partial charge in [-0.2, -0.15) is 4.31 Å². The summed E-state index contributed by atoms with van der Waals surface area (Å²) in [6.07, 6.45) is 0. The summed E-state index contributed by atoms with van der Waals surface area (Å²) >= 11 is 0. The largest absolute Gasteiger partial charge is 0.393 e. The van der Waals surface area contributed by atoms with Crippen LogP contribution >= 0.6 is 0 Å². The van der Waals surface area contributed by atoms with E-state index in [0.717, 1.165) is 4.31 Å². The number of nitro benzene ring substituents is 1. The van der Waals surface area contributed by atoms with E-state index in [0.29, 0.717) is 0 Å². The Kier molecular flexibility index (Phi) is 5.64. The molecular weight excluding hydrogens is 298 g/mol. The van der Waals surface area contributed by atoms with Crippen LogP contribution in [0.25, 0.3) is 0 Å². The number of rotatable bonds is 7. The minimum Gasteiger partial charge on any atom is -0.393 e. The Labute approximate surface area is 123 Å². The summed E-state index contributed by atoms with van der Waals surface area (Å²) < 4.78 is 31.4. The van der Waals surface area contributed by atoms with Crippen molar-refractivity contribution in [1.82, 2.24) is 4.31 Å². The molecule has 0 aromatic heterocycles. The standard InChI is InChI=1S/C12H19N3O5S/c1-9(2)14(7-8-20-3)21(18,19)11-6-4-5-10(13)12(11)15(16)17/h4-6,9H,7-8,13H2,1-3H3. The molecule has 0 fully saturated rings. The SMILES string of the molecule is COCCN(C(C)C)S(=O)(=O)c1cccc(N)c1[N+](=O)[O-]. The van der Waals surface area contributed by atoms with Gasteiger partial charge in [-0.1, -0.05) is 6.07 Å². The molecule has 2 N–H and O–H groups in total. The second-order valence-corrected chi connectivity index (χ2v) is 6.51. The lowest BCUT2D eigenvalue weighted by Gasteiger charge is -2.25. The lowest BCUT2D eigenvalue weighted by atomic mass is 10.3. The van der Waals surface area contributed by atoms with Crippen molar-refractivity contribution in [2.45, 2.75) is 24.8 Å². The summed E-state index contributed by atoms with van der Waals surface area (Å²) in [7, 11) is -2.59. The molecule has 8 nitrogen and oxygen atoms in total. The molecular formula is C12H19N3O5S. The zero-order valence-corrected chi connectivity index (χ0v) is 13.0. The normalized spacial score (nSPS) is 12.0. The van der Waals surface area contributed by atoms with E-state index in [1.54, 1.807) is 13.8 Å². The number of sulfonamides is 1. The molecule has 0 radical (unpaired) electrons. The van der Waals surface area contributed by atoms with E-state index in [1.165, 1.54) is 25.3 Å². The van der Waals surface area contributed by atoms with E-state index in [9.17, 15) is 18.5 Å². The van der Waals surface area contributed by atoms with Gasteiger partial charge in [-0.05, 0) is 26.0 Å². The maximum absolute atomic E-state index is 12.7. The summed E-state index contributed by atoms with van der Waals surface area (Å²) in [5.41, 5.74) is 4.77. The van der Waals surface area contributed by atoms with Gasteiger partial charge in [0.2, 0.25) is 10.0 Å². The number of nitrogen functional groups attached to an aromatic ring is 1. The van der Waals surface area contributed by atoms with Crippen molar-refractivity contribution in [2.24, 2.45) is 0 Å². The van der Waals surface area contributed by atoms with Crippen LogP contribution in [0.4, 0.5) is 11.4 Å². The van der Waals surface area contributed by atoms with Gasteiger partial charge < -0.3 is 10.5 Å². The molecule has 0 saturated carbocycles. The second kappa shape index (κ2) is 6.83. The topological polar surface area (TPSA) is 116 Å². The van der Waals surface area contributed by atoms with Gasteiger partial charge >= 0.3 is 5.69 Å². The van der Waals surface area contributed by atoms with Crippen molar-refractivity contribution in [3.63, 3.8) is 0 Å². The van der Waals surface area contributed by atoms with Gasteiger partial charge in [0, 0.05) is 19.7 Å². The quantitative estimate of drug-likeness (QED) is 0.459. The monoisotopic (exact) mass is 317 g/mol. The first-order valence-corrected chi connectivity index (χ1v) is 7.71. The van der Waals surface area contributed by atoms with Gasteiger partial charge in [0.05, 0.1) is 11.5 Å². The van der Waals surface area contributed by atoms with Crippen molar-refractivity contribution in [1.29, 1.82) is 0 Å². The van der Waals surface area contributed by atoms with Crippen molar-refractivity contribution in [3.05, 3.63) is 28.3 Å². The Hall–Kier alpha value is -1.71. The third-order valence-corrected chi connectivity index (χ3v) is 5.00. The third kappa shape index (κ3) is 3.69. The minimum atomic E-state index is -4.04. The van der Waals surface area contributed by atoms with Crippen molar-refractivity contribution in [2.75, 3.05) is 26.0 Å². The smallest absolute Gasteiger partial charge is 0.312 e. The van der Waals surface area contributed by atoms with Gasteiger partial charge in [0.1, 0.15) is 5.69 Å². The number of hydrogen-bond acceptors (Lipinski definition) is 6. The molecule has 0 aliphatic rings. The molecule has 0 atom stereocenters. The molecule has 1 aromatic carbocycles. The average Bonchev–Trinajstić information content (AvgIpc) is 2.37. The highest BCUT2D eigenvalue weighted by atomic mass is 32.2. The Morgan fingerprint density at radius 3 is 2.52 bits per heavy atom. The zero-order valence-electron chi connectivity index (χ0n) is 12.1. The first-order chi connectivity index (χ1) is 9.73. The van der Waals surface area contributed by atoms with Crippen LogP contribution in [0.3, 0.4) is 0 Å². The Bertz CT molecular complexity index is 615. The summed E-state index contributed by atoms with van der Waals surface area (Å²) in [6.45, 7) is 3.66. The maximum atomic E-state index is 12.7.